The quantitative estimate of drug-likeness (QED) is 0.108. The van der Waals surface area contributed by atoms with E-state index in [4.69, 9.17) is 56.4 Å². The van der Waals surface area contributed by atoms with Crippen molar-refractivity contribution >= 4 is 132 Å². The Morgan fingerprint density at radius 2 is 0.348 bits per heavy atom. The fraction of sp³-hybridized carbons (Fsp3) is 0. The molecule has 0 fully saturated rings. The first-order valence-corrected chi connectivity index (χ1v) is 46.0. The summed E-state index contributed by atoms with van der Waals surface area (Å²) in [5.74, 6) is 2.04. The van der Waals surface area contributed by atoms with Gasteiger partial charge in [0, 0.05) is 98.5 Å². The molecule has 0 radical (unpaired) electrons. The molecule has 0 saturated heterocycles. The molecule has 28 rings (SSSR count). The van der Waals surface area contributed by atoms with Gasteiger partial charge in [-0.2, -0.15) is 0 Å². The highest BCUT2D eigenvalue weighted by Crippen LogP contribution is 2.49. The molecule has 28 aromatic rings. The summed E-state index contributed by atoms with van der Waals surface area (Å²) in [7, 11) is 0. The van der Waals surface area contributed by atoms with Crippen molar-refractivity contribution in [1.29, 1.82) is 0 Å². The molecule has 0 amide bonds. The molecule has 0 bridgehead atoms. The third-order valence-electron chi connectivity index (χ3n) is 26.1. The second-order valence-corrected chi connectivity index (χ2v) is 34.6. The molecule has 0 atom stereocenters. The number of rotatable bonds is 13. The van der Waals surface area contributed by atoms with Gasteiger partial charge in [-0.05, 0) is 178 Å². The van der Waals surface area contributed by atoms with E-state index in [2.05, 4.69) is 261 Å². The summed E-state index contributed by atoms with van der Waals surface area (Å²) in [4.78, 5) is 30.2. The Balaban J connectivity index is 0.000000107. The fourth-order valence-corrected chi connectivity index (χ4v) is 19.3. The predicted molar refractivity (Wildman–Crippen MR) is 560 cm³/mol. The van der Waals surface area contributed by atoms with Crippen LogP contribution in [0, 0.1) is 0 Å². The molecule has 138 heavy (non-hydrogen) atoms. The summed E-state index contributed by atoms with van der Waals surface area (Å²) in [5, 5.41) is 12.2. The summed E-state index contributed by atoms with van der Waals surface area (Å²) in [6, 6.07) is 158. The van der Waals surface area contributed by atoms with E-state index in [1.54, 1.807) is 0 Å². The number of hydrogen-bond donors (Lipinski definition) is 0. The van der Waals surface area contributed by atoms with E-state index in [0.717, 1.165) is 249 Å². The lowest BCUT2D eigenvalue weighted by atomic mass is 9.97. The molecular weight excluding hydrogens is 1690 g/mol. The van der Waals surface area contributed by atoms with Crippen LogP contribution in [0.4, 0.5) is 0 Å². The molecule has 0 spiro atoms. The number of furan rings is 6. The van der Waals surface area contributed by atoms with E-state index in [1.165, 1.54) is 11.1 Å². The van der Waals surface area contributed by atoms with E-state index >= 15 is 0 Å². The van der Waals surface area contributed by atoms with E-state index in [0.29, 0.717) is 17.5 Å². The number of fused-ring (bicyclic) bond motifs is 21. The minimum atomic E-state index is 0.654. The lowest BCUT2D eigenvalue weighted by molar-refractivity contribution is 0.662. The van der Waals surface area contributed by atoms with Gasteiger partial charge in [-0.3, -0.25) is 0 Å². The minimum Gasteiger partial charge on any atom is -0.456 e. The summed E-state index contributed by atoms with van der Waals surface area (Å²) in [5.41, 5.74) is 32.9. The average Bonchev–Trinajstić information content (AvgIpc) is 1.55. The van der Waals surface area contributed by atoms with Gasteiger partial charge in [0.15, 0.2) is 17.5 Å². The van der Waals surface area contributed by atoms with Crippen molar-refractivity contribution in [2.45, 2.75) is 0 Å². The molecule has 12 heteroatoms. The van der Waals surface area contributed by atoms with Crippen LogP contribution in [-0.4, -0.2) is 29.9 Å². The smallest absolute Gasteiger partial charge is 0.160 e. The Bertz CT molecular complexity index is 9370. The van der Waals surface area contributed by atoms with Crippen LogP contribution in [-0.2, 0) is 0 Å². The monoisotopic (exact) mass is 1770 g/mol. The van der Waals surface area contributed by atoms with Gasteiger partial charge in [0.2, 0.25) is 0 Å². The van der Waals surface area contributed by atoms with Gasteiger partial charge in [0.25, 0.3) is 0 Å². The number of aromatic nitrogens is 6. The largest absolute Gasteiger partial charge is 0.456 e. The summed E-state index contributed by atoms with van der Waals surface area (Å²) < 4.78 is 39.3. The molecule has 0 aliphatic heterocycles. The van der Waals surface area contributed by atoms with Crippen molar-refractivity contribution in [2.75, 3.05) is 0 Å². The van der Waals surface area contributed by atoms with Crippen molar-refractivity contribution in [3.05, 3.63) is 461 Å². The van der Waals surface area contributed by atoms with Crippen LogP contribution in [0.1, 0.15) is 0 Å². The highest BCUT2D eigenvalue weighted by molar-refractivity contribution is 6.27. The summed E-state index contributed by atoms with van der Waals surface area (Å²) >= 11 is 0. The van der Waals surface area contributed by atoms with Crippen molar-refractivity contribution in [1.82, 2.24) is 29.9 Å². The van der Waals surface area contributed by atoms with Gasteiger partial charge in [-0.15, -0.1) is 0 Å². The van der Waals surface area contributed by atoms with E-state index < -0.39 is 0 Å². The first-order valence-electron chi connectivity index (χ1n) is 46.0. The molecule has 12 nitrogen and oxygen atoms in total. The zero-order valence-electron chi connectivity index (χ0n) is 74.0. The van der Waals surface area contributed by atoms with Gasteiger partial charge in [0.1, 0.15) is 67.0 Å². The molecule has 9 heterocycles. The van der Waals surface area contributed by atoms with Crippen molar-refractivity contribution in [3.63, 3.8) is 0 Å². The molecular formula is C126H76N6O6. The van der Waals surface area contributed by atoms with Gasteiger partial charge >= 0.3 is 0 Å². The zero-order chi connectivity index (χ0) is 91.1. The number of hydrogen-bond acceptors (Lipinski definition) is 12. The molecule has 0 aliphatic carbocycles. The zero-order valence-corrected chi connectivity index (χ0v) is 74.0. The Morgan fingerprint density at radius 3 is 0.688 bits per heavy atom. The van der Waals surface area contributed by atoms with Gasteiger partial charge in [-0.1, -0.05) is 328 Å². The van der Waals surface area contributed by atoms with Crippen LogP contribution in [0.15, 0.2) is 488 Å². The second kappa shape index (κ2) is 33.8. The molecule has 0 unspecified atom stereocenters. The fourth-order valence-electron chi connectivity index (χ4n) is 19.3. The highest BCUT2D eigenvalue weighted by Gasteiger charge is 2.27. The molecule has 0 aliphatic rings. The van der Waals surface area contributed by atoms with Crippen molar-refractivity contribution < 1.29 is 26.5 Å². The second-order valence-electron chi connectivity index (χ2n) is 34.6. The Morgan fingerprint density at radius 1 is 0.123 bits per heavy atom. The molecule has 9 aromatic heterocycles. The Labute approximate surface area is 790 Å². The first-order chi connectivity index (χ1) is 68.3. The van der Waals surface area contributed by atoms with Crippen LogP contribution < -0.4 is 0 Å². The summed E-state index contributed by atoms with van der Waals surface area (Å²) in [6.45, 7) is 0. The number of nitrogens with zero attached hydrogens (tertiary/aromatic N) is 6. The van der Waals surface area contributed by atoms with E-state index in [9.17, 15) is 0 Å². The minimum absolute atomic E-state index is 0.654. The molecule has 0 N–H and O–H groups in total. The molecule has 19 aromatic carbocycles. The maximum Gasteiger partial charge on any atom is 0.160 e. The average molecular weight is 1770 g/mol. The van der Waals surface area contributed by atoms with Gasteiger partial charge in [0.05, 0.1) is 50.3 Å². The normalized spacial score (nSPS) is 11.6. The Hall–Kier alpha value is -18.8. The van der Waals surface area contributed by atoms with Crippen LogP contribution in [0.2, 0.25) is 0 Å². The Kier molecular flexibility index (Phi) is 19.6. The molecule has 0 saturated carbocycles. The molecule has 646 valence electrons. The predicted octanol–water partition coefficient (Wildman–Crippen LogP) is 34.5. The van der Waals surface area contributed by atoms with Crippen LogP contribution in [0.25, 0.3) is 278 Å². The van der Waals surface area contributed by atoms with Crippen molar-refractivity contribution in [3.8, 4) is 146 Å². The topological polar surface area (TPSA) is 156 Å². The standard InChI is InChI=1S/C46H28N2O2.2C40H24N2O2/c1-5-13-29(14-6-1)33-21-23-41-35(25-33)36-27-37(40-28-39(31-17-9-3-10-18-31)47-46(48-40)32-19-11-4-12-20-32)45-43(44(36)49-41)38-26-34(22-24-42(38)50-45)30-15-7-2-8-16-30;1-4-10-25(11-5-1)28-16-19-36-32(22-28)38-37(43-36)21-18-30-31-23-29(17-20-35(31)44-39(30)38)34-24-33(26-12-6-2-7-13-26)41-40(42-34)27-14-8-3-9-15-27;1-4-10-25(11-5-1)28-16-19-35-31(22-28)30-18-21-37-38(39(30)44-35)32-23-29(17-20-36(32)43-37)34-24-33(26-12-6-2-7-13-26)41-40(42-34)27-14-8-3-9-15-27/h1-28H;2*1-24H. The maximum absolute atomic E-state index is 6.80. The maximum atomic E-state index is 6.80. The number of benzene rings is 19. The lowest BCUT2D eigenvalue weighted by Gasteiger charge is -2.10. The third-order valence-corrected chi connectivity index (χ3v) is 26.1. The highest BCUT2D eigenvalue weighted by atomic mass is 16.4. The van der Waals surface area contributed by atoms with Gasteiger partial charge in [-0.25, -0.2) is 29.9 Å². The van der Waals surface area contributed by atoms with Crippen LogP contribution in [0.5, 0.6) is 0 Å². The lowest BCUT2D eigenvalue weighted by Crippen LogP contribution is -1.96. The van der Waals surface area contributed by atoms with Gasteiger partial charge < -0.3 is 26.5 Å². The first kappa shape index (κ1) is 80.1. The van der Waals surface area contributed by atoms with Crippen LogP contribution >= 0.6 is 0 Å². The third kappa shape index (κ3) is 14.6. The van der Waals surface area contributed by atoms with E-state index in [-0.39, 0.29) is 0 Å². The van der Waals surface area contributed by atoms with Crippen LogP contribution in [0.3, 0.4) is 0 Å². The van der Waals surface area contributed by atoms with Crippen molar-refractivity contribution in [2.24, 2.45) is 0 Å². The SMILES string of the molecule is c1ccc(-c2ccc3oc4c(cc(-c5cc(-c6ccccc6)nc(-c6ccccc6)n5)c5oc6ccc(-c7ccccc7)cc6c54)c3c2)cc1.c1ccc(-c2ccc3oc4c(ccc5oc6ccc(-c7cc(-c8ccccc8)nc(-c8ccccc8)n7)cc6c54)c3c2)cc1.c1ccc(-c2ccc3oc4ccc5c6cc(-c7cc(-c8ccccc8)nc(-c8ccccc8)n7)ccc6oc5c4c3c2)cc1. The van der Waals surface area contributed by atoms with E-state index in [1.807, 2.05) is 200 Å². The summed E-state index contributed by atoms with van der Waals surface area (Å²) in [6.07, 6.45) is 0.